The van der Waals surface area contributed by atoms with E-state index in [9.17, 15) is 9.59 Å². The van der Waals surface area contributed by atoms with Crippen molar-refractivity contribution >= 4 is 11.9 Å². The van der Waals surface area contributed by atoms with Gasteiger partial charge in [-0.05, 0) is 19.8 Å². The first-order valence-electron chi connectivity index (χ1n) is 9.07. The minimum Gasteiger partial charge on any atom is -0.464 e. The molecular formula is C18H33NO3. The lowest BCUT2D eigenvalue weighted by Gasteiger charge is -2.21. The molecule has 1 aliphatic heterocycles. The SMILES string of the molecule is CCCCCCCCCCCCOC(=O)C1(C)CCC(=O)N1. The molecule has 0 spiro atoms. The minimum absolute atomic E-state index is 0.0570. The maximum absolute atomic E-state index is 11.9. The van der Waals surface area contributed by atoms with Crippen LogP contribution < -0.4 is 5.32 Å². The van der Waals surface area contributed by atoms with Crippen LogP contribution in [0.3, 0.4) is 0 Å². The summed E-state index contributed by atoms with van der Waals surface area (Å²) in [5.74, 6) is -0.340. The van der Waals surface area contributed by atoms with E-state index in [1.807, 2.05) is 0 Å². The van der Waals surface area contributed by atoms with Crippen LogP contribution in [0.5, 0.6) is 0 Å². The Hall–Kier alpha value is -1.06. The van der Waals surface area contributed by atoms with Gasteiger partial charge < -0.3 is 10.1 Å². The van der Waals surface area contributed by atoms with Crippen molar-refractivity contribution in [3.63, 3.8) is 0 Å². The summed E-state index contributed by atoms with van der Waals surface area (Å²) in [7, 11) is 0. The fraction of sp³-hybridized carbons (Fsp3) is 0.889. The minimum atomic E-state index is -0.796. The van der Waals surface area contributed by atoms with Gasteiger partial charge in [0.1, 0.15) is 5.54 Å². The van der Waals surface area contributed by atoms with Gasteiger partial charge in [-0.15, -0.1) is 0 Å². The van der Waals surface area contributed by atoms with Gasteiger partial charge in [0, 0.05) is 6.42 Å². The standard InChI is InChI=1S/C18H33NO3/c1-3-4-5-6-7-8-9-10-11-12-15-22-17(21)18(2)14-13-16(20)19-18/h3-15H2,1-2H3,(H,19,20). The highest BCUT2D eigenvalue weighted by Gasteiger charge is 2.41. The summed E-state index contributed by atoms with van der Waals surface area (Å²) >= 11 is 0. The Labute approximate surface area is 135 Å². The van der Waals surface area contributed by atoms with Gasteiger partial charge in [-0.3, -0.25) is 4.79 Å². The molecule has 1 rings (SSSR count). The van der Waals surface area contributed by atoms with Crippen LogP contribution in [0.15, 0.2) is 0 Å². The molecule has 0 aromatic rings. The largest absolute Gasteiger partial charge is 0.464 e. The maximum Gasteiger partial charge on any atom is 0.331 e. The van der Waals surface area contributed by atoms with Crippen LogP contribution in [0.2, 0.25) is 0 Å². The molecule has 1 fully saturated rings. The van der Waals surface area contributed by atoms with E-state index in [0.29, 0.717) is 19.4 Å². The third kappa shape index (κ3) is 7.28. The highest BCUT2D eigenvalue weighted by molar-refractivity contribution is 5.91. The van der Waals surface area contributed by atoms with E-state index < -0.39 is 5.54 Å². The summed E-state index contributed by atoms with van der Waals surface area (Å²) in [4.78, 5) is 23.1. The van der Waals surface area contributed by atoms with Crippen LogP contribution in [0, 0.1) is 0 Å². The Morgan fingerprint density at radius 1 is 1.05 bits per heavy atom. The van der Waals surface area contributed by atoms with Gasteiger partial charge in [0.25, 0.3) is 0 Å². The van der Waals surface area contributed by atoms with Crippen LogP contribution in [0.1, 0.15) is 90.9 Å². The van der Waals surface area contributed by atoms with Crippen LogP contribution in [0.25, 0.3) is 0 Å². The molecule has 1 unspecified atom stereocenters. The highest BCUT2D eigenvalue weighted by Crippen LogP contribution is 2.21. The van der Waals surface area contributed by atoms with Gasteiger partial charge in [0.05, 0.1) is 6.61 Å². The number of unbranched alkanes of at least 4 members (excludes halogenated alkanes) is 9. The van der Waals surface area contributed by atoms with Crippen LogP contribution in [-0.4, -0.2) is 24.0 Å². The molecule has 22 heavy (non-hydrogen) atoms. The quantitative estimate of drug-likeness (QED) is 0.436. The number of carbonyl (C=O) groups is 2. The summed E-state index contributed by atoms with van der Waals surface area (Å²) in [6.45, 7) is 4.47. The monoisotopic (exact) mass is 311 g/mol. The van der Waals surface area contributed by atoms with E-state index in [0.717, 1.165) is 12.8 Å². The third-order valence-corrected chi connectivity index (χ3v) is 4.45. The van der Waals surface area contributed by atoms with Crippen molar-refractivity contribution in [2.45, 2.75) is 96.4 Å². The first-order chi connectivity index (χ1) is 10.6. The van der Waals surface area contributed by atoms with E-state index in [-0.39, 0.29) is 11.9 Å². The average molecular weight is 311 g/mol. The molecule has 1 saturated heterocycles. The second-order valence-electron chi connectivity index (χ2n) is 6.70. The Kier molecular flexibility index (Phi) is 9.17. The molecule has 128 valence electrons. The summed E-state index contributed by atoms with van der Waals surface area (Å²) in [6, 6.07) is 0. The second kappa shape index (κ2) is 10.6. The normalized spacial score (nSPS) is 20.9. The predicted molar refractivity (Wildman–Crippen MR) is 88.6 cm³/mol. The fourth-order valence-corrected chi connectivity index (χ4v) is 2.86. The number of carbonyl (C=O) groups excluding carboxylic acids is 2. The molecule has 0 radical (unpaired) electrons. The van der Waals surface area contributed by atoms with E-state index in [1.165, 1.54) is 51.4 Å². The highest BCUT2D eigenvalue weighted by atomic mass is 16.5. The van der Waals surface area contributed by atoms with Crippen molar-refractivity contribution in [3.05, 3.63) is 0 Å². The predicted octanol–water partition coefficient (Wildman–Crippen LogP) is 4.12. The zero-order chi connectivity index (χ0) is 16.3. The zero-order valence-corrected chi connectivity index (χ0v) is 14.4. The molecule has 1 amide bonds. The van der Waals surface area contributed by atoms with Gasteiger partial charge in [-0.2, -0.15) is 0 Å². The average Bonchev–Trinajstić information content (AvgIpc) is 2.85. The number of rotatable bonds is 12. The maximum atomic E-state index is 11.9. The molecule has 1 atom stereocenters. The Morgan fingerprint density at radius 2 is 1.59 bits per heavy atom. The van der Waals surface area contributed by atoms with E-state index in [4.69, 9.17) is 4.74 Å². The number of nitrogens with one attached hydrogen (secondary N) is 1. The van der Waals surface area contributed by atoms with Crippen LogP contribution in [-0.2, 0) is 14.3 Å². The van der Waals surface area contributed by atoms with Crippen molar-refractivity contribution in [2.75, 3.05) is 6.61 Å². The van der Waals surface area contributed by atoms with Crippen molar-refractivity contribution in [3.8, 4) is 0 Å². The smallest absolute Gasteiger partial charge is 0.331 e. The summed E-state index contributed by atoms with van der Waals surface area (Å²) in [6.07, 6.45) is 13.6. The van der Waals surface area contributed by atoms with Crippen LogP contribution >= 0.6 is 0 Å². The van der Waals surface area contributed by atoms with Crippen molar-refractivity contribution in [1.82, 2.24) is 5.32 Å². The number of hydrogen-bond acceptors (Lipinski definition) is 3. The molecule has 0 saturated carbocycles. The second-order valence-corrected chi connectivity index (χ2v) is 6.70. The topological polar surface area (TPSA) is 55.4 Å². The Morgan fingerprint density at radius 3 is 2.09 bits per heavy atom. The number of esters is 1. The first-order valence-corrected chi connectivity index (χ1v) is 9.07. The van der Waals surface area contributed by atoms with Crippen molar-refractivity contribution < 1.29 is 14.3 Å². The lowest BCUT2D eigenvalue weighted by atomic mass is 10.0. The summed E-state index contributed by atoms with van der Waals surface area (Å²) in [5.41, 5.74) is -0.796. The lowest BCUT2D eigenvalue weighted by Crippen LogP contribution is -2.47. The molecule has 1 heterocycles. The molecule has 1 aliphatic rings. The van der Waals surface area contributed by atoms with Gasteiger partial charge >= 0.3 is 5.97 Å². The van der Waals surface area contributed by atoms with E-state index >= 15 is 0 Å². The molecule has 0 aliphatic carbocycles. The fourth-order valence-electron chi connectivity index (χ4n) is 2.86. The molecule has 0 bridgehead atoms. The first kappa shape index (κ1) is 19.0. The van der Waals surface area contributed by atoms with Gasteiger partial charge in [-0.25, -0.2) is 4.79 Å². The van der Waals surface area contributed by atoms with E-state index in [1.54, 1.807) is 6.92 Å². The Balaban J connectivity index is 1.91. The van der Waals surface area contributed by atoms with E-state index in [2.05, 4.69) is 12.2 Å². The van der Waals surface area contributed by atoms with Crippen molar-refractivity contribution in [2.24, 2.45) is 0 Å². The van der Waals surface area contributed by atoms with Gasteiger partial charge in [0.2, 0.25) is 5.91 Å². The molecule has 1 N–H and O–H groups in total. The summed E-state index contributed by atoms with van der Waals surface area (Å²) in [5, 5.41) is 2.71. The van der Waals surface area contributed by atoms with Crippen molar-refractivity contribution in [1.29, 1.82) is 0 Å². The molecule has 0 aromatic heterocycles. The molecular weight excluding hydrogens is 278 g/mol. The lowest BCUT2D eigenvalue weighted by molar-refractivity contribution is -0.151. The third-order valence-electron chi connectivity index (χ3n) is 4.45. The van der Waals surface area contributed by atoms with Crippen LogP contribution in [0.4, 0.5) is 0 Å². The molecule has 0 aromatic carbocycles. The number of ether oxygens (including phenoxy) is 1. The Bertz CT molecular complexity index is 343. The number of hydrogen-bond donors (Lipinski definition) is 1. The molecule has 4 nitrogen and oxygen atoms in total. The molecule has 4 heteroatoms. The zero-order valence-electron chi connectivity index (χ0n) is 14.4. The number of amides is 1. The van der Waals surface area contributed by atoms with Gasteiger partial charge in [-0.1, -0.05) is 64.7 Å². The summed E-state index contributed by atoms with van der Waals surface area (Å²) < 4.78 is 5.30. The van der Waals surface area contributed by atoms with Gasteiger partial charge in [0.15, 0.2) is 0 Å².